The second-order valence-electron chi connectivity index (χ2n) is 6.87. The third-order valence-electron chi connectivity index (χ3n) is 3.95. The van der Waals surface area contributed by atoms with Crippen LogP contribution in [0.4, 0.5) is 11.4 Å². The lowest BCUT2D eigenvalue weighted by atomic mass is 9.91. The Bertz CT molecular complexity index is 629. The van der Waals surface area contributed by atoms with Crippen LogP contribution in [0.3, 0.4) is 0 Å². The molecule has 0 aliphatic heterocycles. The van der Waals surface area contributed by atoms with Crippen LogP contribution in [0.5, 0.6) is 0 Å². The fourth-order valence-electron chi connectivity index (χ4n) is 3.19. The van der Waals surface area contributed by atoms with Gasteiger partial charge in [-0.15, -0.1) is 0 Å². The second-order valence-corrected chi connectivity index (χ2v) is 9.03. The summed E-state index contributed by atoms with van der Waals surface area (Å²) in [5.74, 6) is 0.604. The molecule has 1 fully saturated rings. The summed E-state index contributed by atoms with van der Waals surface area (Å²) in [6, 6.07) is 5.74. The van der Waals surface area contributed by atoms with Gasteiger partial charge in [0.05, 0.1) is 17.0 Å². The molecule has 1 aromatic carbocycles. The minimum Gasteiger partial charge on any atom is -0.382 e. The standard InChI is InChI=1S/C15H23ClN2O2S/c1-10-8-15(2,3)9-14(10)17-11-5-6-13(12(16)7-11)18-21(4,19)20/h5-7,10,14,17-18H,8-9H2,1-4H3. The predicted octanol–water partition coefficient (Wildman–Crippen LogP) is 3.95. The third-order valence-corrected chi connectivity index (χ3v) is 4.85. The van der Waals surface area contributed by atoms with Gasteiger partial charge in [-0.05, 0) is 42.4 Å². The summed E-state index contributed by atoms with van der Waals surface area (Å²) in [6.07, 6.45) is 3.43. The van der Waals surface area contributed by atoms with Crippen LogP contribution in [0.25, 0.3) is 0 Å². The van der Waals surface area contributed by atoms with Crippen LogP contribution in [0.1, 0.15) is 33.6 Å². The average Bonchev–Trinajstić information content (AvgIpc) is 2.54. The summed E-state index contributed by atoms with van der Waals surface area (Å²) in [4.78, 5) is 0. The van der Waals surface area contributed by atoms with Crippen molar-refractivity contribution in [3.05, 3.63) is 23.2 Å². The molecule has 0 amide bonds. The molecular formula is C15H23ClN2O2S. The first-order valence-electron chi connectivity index (χ1n) is 7.10. The van der Waals surface area contributed by atoms with Crippen molar-refractivity contribution >= 4 is 33.0 Å². The van der Waals surface area contributed by atoms with E-state index in [-0.39, 0.29) is 0 Å². The molecule has 0 radical (unpaired) electrons. The lowest BCUT2D eigenvalue weighted by Crippen LogP contribution is -2.22. The predicted molar refractivity (Wildman–Crippen MR) is 89.5 cm³/mol. The summed E-state index contributed by atoms with van der Waals surface area (Å²) in [6.45, 7) is 6.84. The number of hydrogen-bond acceptors (Lipinski definition) is 3. The first kappa shape index (κ1) is 16.4. The van der Waals surface area contributed by atoms with Crippen molar-refractivity contribution in [1.29, 1.82) is 0 Å². The van der Waals surface area contributed by atoms with Crippen molar-refractivity contribution in [3.8, 4) is 0 Å². The molecule has 118 valence electrons. The lowest BCUT2D eigenvalue weighted by Gasteiger charge is -2.20. The van der Waals surface area contributed by atoms with Gasteiger partial charge in [-0.2, -0.15) is 0 Å². The fraction of sp³-hybridized carbons (Fsp3) is 0.600. The van der Waals surface area contributed by atoms with E-state index < -0.39 is 10.0 Å². The van der Waals surface area contributed by atoms with E-state index in [4.69, 9.17) is 11.6 Å². The number of sulfonamides is 1. The Balaban J connectivity index is 2.11. The molecular weight excluding hydrogens is 308 g/mol. The zero-order chi connectivity index (χ0) is 15.8. The van der Waals surface area contributed by atoms with Crippen molar-refractivity contribution in [2.75, 3.05) is 16.3 Å². The first-order valence-corrected chi connectivity index (χ1v) is 9.37. The Morgan fingerprint density at radius 1 is 1.29 bits per heavy atom. The highest BCUT2D eigenvalue weighted by Crippen LogP contribution is 2.42. The molecule has 1 saturated carbocycles. The first-order chi connectivity index (χ1) is 9.56. The number of halogens is 1. The highest BCUT2D eigenvalue weighted by Gasteiger charge is 2.36. The molecule has 6 heteroatoms. The van der Waals surface area contributed by atoms with Gasteiger partial charge in [0.15, 0.2) is 0 Å². The van der Waals surface area contributed by atoms with Gasteiger partial charge in [0, 0.05) is 11.7 Å². The number of rotatable bonds is 4. The van der Waals surface area contributed by atoms with E-state index in [0.29, 0.717) is 28.1 Å². The second kappa shape index (κ2) is 5.69. The molecule has 0 bridgehead atoms. The smallest absolute Gasteiger partial charge is 0.229 e. The Morgan fingerprint density at radius 3 is 2.43 bits per heavy atom. The zero-order valence-electron chi connectivity index (χ0n) is 12.9. The maximum Gasteiger partial charge on any atom is 0.229 e. The van der Waals surface area contributed by atoms with E-state index in [0.717, 1.165) is 18.4 Å². The lowest BCUT2D eigenvalue weighted by molar-refractivity contribution is 0.366. The molecule has 1 aromatic rings. The molecule has 0 heterocycles. The summed E-state index contributed by atoms with van der Waals surface area (Å²) in [5, 5.41) is 3.91. The van der Waals surface area contributed by atoms with E-state index in [1.807, 2.05) is 6.07 Å². The average molecular weight is 331 g/mol. The molecule has 0 spiro atoms. The van der Waals surface area contributed by atoms with Gasteiger partial charge in [-0.3, -0.25) is 4.72 Å². The van der Waals surface area contributed by atoms with E-state index in [9.17, 15) is 8.42 Å². The van der Waals surface area contributed by atoms with Crippen LogP contribution >= 0.6 is 11.6 Å². The van der Waals surface area contributed by atoms with Crippen molar-refractivity contribution in [1.82, 2.24) is 0 Å². The molecule has 2 unspecified atom stereocenters. The summed E-state index contributed by atoms with van der Waals surface area (Å²) < 4.78 is 24.9. The Kier molecular flexibility index (Phi) is 4.45. The van der Waals surface area contributed by atoms with E-state index in [1.165, 1.54) is 6.42 Å². The molecule has 0 saturated heterocycles. The topological polar surface area (TPSA) is 58.2 Å². The minimum absolute atomic E-state index is 0.360. The Hall–Kier alpha value is -0.940. The summed E-state index contributed by atoms with van der Waals surface area (Å²) in [5.41, 5.74) is 1.69. The molecule has 1 aliphatic carbocycles. The van der Waals surface area contributed by atoms with E-state index in [1.54, 1.807) is 12.1 Å². The maximum atomic E-state index is 11.2. The summed E-state index contributed by atoms with van der Waals surface area (Å²) in [7, 11) is -3.31. The Morgan fingerprint density at radius 2 is 1.95 bits per heavy atom. The van der Waals surface area contributed by atoms with E-state index in [2.05, 4.69) is 30.8 Å². The minimum atomic E-state index is -3.31. The molecule has 0 aromatic heterocycles. The van der Waals surface area contributed by atoms with Gasteiger partial charge in [-0.1, -0.05) is 32.4 Å². The van der Waals surface area contributed by atoms with Crippen LogP contribution in [0.2, 0.25) is 5.02 Å². The third kappa shape index (κ3) is 4.51. The number of nitrogens with one attached hydrogen (secondary N) is 2. The van der Waals surface area contributed by atoms with Crippen LogP contribution in [0, 0.1) is 11.3 Å². The normalized spacial score (nSPS) is 24.8. The van der Waals surface area contributed by atoms with Gasteiger partial charge in [0.1, 0.15) is 0 Å². The van der Waals surface area contributed by atoms with Crippen LogP contribution in [-0.2, 0) is 10.0 Å². The number of benzene rings is 1. The SMILES string of the molecule is CC1CC(C)(C)CC1Nc1ccc(NS(C)(=O)=O)c(Cl)c1. The molecule has 2 rings (SSSR count). The van der Waals surface area contributed by atoms with Crippen LogP contribution < -0.4 is 10.0 Å². The molecule has 1 aliphatic rings. The van der Waals surface area contributed by atoms with Crippen molar-refractivity contribution in [2.45, 2.75) is 39.7 Å². The number of hydrogen-bond donors (Lipinski definition) is 2. The highest BCUT2D eigenvalue weighted by molar-refractivity contribution is 7.92. The van der Waals surface area contributed by atoms with Gasteiger partial charge < -0.3 is 5.32 Å². The van der Waals surface area contributed by atoms with Crippen molar-refractivity contribution < 1.29 is 8.42 Å². The van der Waals surface area contributed by atoms with Gasteiger partial charge in [0.25, 0.3) is 0 Å². The molecule has 2 N–H and O–H groups in total. The zero-order valence-corrected chi connectivity index (χ0v) is 14.5. The van der Waals surface area contributed by atoms with Gasteiger partial charge in [-0.25, -0.2) is 8.42 Å². The van der Waals surface area contributed by atoms with Gasteiger partial charge in [0.2, 0.25) is 10.0 Å². The van der Waals surface area contributed by atoms with Gasteiger partial charge >= 0.3 is 0 Å². The van der Waals surface area contributed by atoms with Crippen LogP contribution in [0.15, 0.2) is 18.2 Å². The monoisotopic (exact) mass is 330 g/mol. The highest BCUT2D eigenvalue weighted by atomic mass is 35.5. The number of anilines is 2. The fourth-order valence-corrected chi connectivity index (χ4v) is 4.05. The molecule has 21 heavy (non-hydrogen) atoms. The van der Waals surface area contributed by atoms with E-state index >= 15 is 0 Å². The molecule has 4 nitrogen and oxygen atoms in total. The quantitative estimate of drug-likeness (QED) is 0.878. The largest absolute Gasteiger partial charge is 0.382 e. The molecule has 2 atom stereocenters. The van der Waals surface area contributed by atoms with Crippen molar-refractivity contribution in [2.24, 2.45) is 11.3 Å². The maximum absolute atomic E-state index is 11.2. The van der Waals surface area contributed by atoms with Crippen LogP contribution in [-0.4, -0.2) is 20.7 Å². The summed E-state index contributed by atoms with van der Waals surface area (Å²) >= 11 is 6.15. The Labute approximate surface area is 132 Å². The van der Waals surface area contributed by atoms with Crippen molar-refractivity contribution in [3.63, 3.8) is 0 Å².